The second-order valence-corrected chi connectivity index (χ2v) is 3.46. The zero-order valence-electron chi connectivity index (χ0n) is 9.00. The number of aliphatic hydroxyl groups is 1. The average Bonchev–Trinajstić information content (AvgIpc) is 2.29. The first kappa shape index (κ1) is 12.7. The van der Waals surface area contributed by atoms with Crippen LogP contribution in [0, 0.1) is 0 Å². The van der Waals surface area contributed by atoms with Gasteiger partial charge in [-0.2, -0.15) is 0 Å². The minimum Gasteiger partial charge on any atom is -0.479 e. The summed E-state index contributed by atoms with van der Waals surface area (Å²) < 4.78 is 5.19. The van der Waals surface area contributed by atoms with E-state index in [0.717, 1.165) is 5.56 Å². The first-order valence-electron chi connectivity index (χ1n) is 5.23. The Kier molecular flexibility index (Phi) is 5.53. The van der Waals surface area contributed by atoms with Crippen molar-refractivity contribution in [1.82, 2.24) is 0 Å². The molecule has 0 saturated heterocycles. The van der Waals surface area contributed by atoms with E-state index in [0.29, 0.717) is 12.8 Å². The maximum absolute atomic E-state index is 10.9. The van der Waals surface area contributed by atoms with E-state index < -0.39 is 12.1 Å². The van der Waals surface area contributed by atoms with Gasteiger partial charge in [-0.25, -0.2) is 4.79 Å². The monoisotopic (exact) mass is 224 g/mol. The van der Waals surface area contributed by atoms with Gasteiger partial charge in [0, 0.05) is 19.6 Å². The molecule has 4 nitrogen and oxygen atoms in total. The van der Waals surface area contributed by atoms with Gasteiger partial charge in [0.25, 0.3) is 0 Å². The highest BCUT2D eigenvalue weighted by Crippen LogP contribution is 2.06. The quantitative estimate of drug-likeness (QED) is 0.680. The SMILES string of the molecule is O=C(O)C(Cc1ccccc1)OCCCO. The molecular formula is C12H16O4. The van der Waals surface area contributed by atoms with Crippen LogP contribution in [0.5, 0.6) is 0 Å². The lowest BCUT2D eigenvalue weighted by Gasteiger charge is -2.13. The molecule has 16 heavy (non-hydrogen) atoms. The summed E-state index contributed by atoms with van der Waals surface area (Å²) in [7, 11) is 0. The van der Waals surface area contributed by atoms with Crippen molar-refractivity contribution in [2.45, 2.75) is 18.9 Å². The highest BCUT2D eigenvalue weighted by molar-refractivity contribution is 5.72. The standard InChI is InChI=1S/C12H16O4/c13-7-4-8-16-11(12(14)15)9-10-5-2-1-3-6-10/h1-3,5-6,11,13H,4,7-9H2,(H,14,15). The van der Waals surface area contributed by atoms with Crippen molar-refractivity contribution in [3.63, 3.8) is 0 Å². The van der Waals surface area contributed by atoms with Gasteiger partial charge >= 0.3 is 5.97 Å². The van der Waals surface area contributed by atoms with Crippen molar-refractivity contribution in [3.8, 4) is 0 Å². The minimum atomic E-state index is -0.971. The second kappa shape index (κ2) is 6.98. The van der Waals surface area contributed by atoms with Crippen LogP contribution in [0.15, 0.2) is 30.3 Å². The number of hydrogen-bond donors (Lipinski definition) is 2. The maximum Gasteiger partial charge on any atom is 0.333 e. The smallest absolute Gasteiger partial charge is 0.333 e. The Morgan fingerprint density at radius 3 is 2.56 bits per heavy atom. The number of hydrogen-bond acceptors (Lipinski definition) is 3. The van der Waals surface area contributed by atoms with Gasteiger partial charge in [0.05, 0.1) is 0 Å². The molecule has 1 aromatic rings. The fraction of sp³-hybridized carbons (Fsp3) is 0.417. The van der Waals surface area contributed by atoms with Crippen LogP contribution < -0.4 is 0 Å². The molecule has 0 spiro atoms. The second-order valence-electron chi connectivity index (χ2n) is 3.46. The minimum absolute atomic E-state index is 0.0116. The van der Waals surface area contributed by atoms with Gasteiger partial charge in [0.15, 0.2) is 6.10 Å². The molecule has 4 heteroatoms. The predicted molar refractivity (Wildman–Crippen MR) is 59.2 cm³/mol. The Morgan fingerprint density at radius 1 is 1.31 bits per heavy atom. The fourth-order valence-electron chi connectivity index (χ4n) is 1.34. The molecule has 88 valence electrons. The molecule has 2 N–H and O–H groups in total. The summed E-state index contributed by atoms with van der Waals surface area (Å²) in [4.78, 5) is 10.9. The number of aliphatic hydroxyl groups excluding tert-OH is 1. The number of carboxylic acid groups (broad SMARTS) is 1. The summed E-state index contributed by atoms with van der Waals surface area (Å²) >= 11 is 0. The Balaban J connectivity index is 2.48. The Morgan fingerprint density at radius 2 is 2.00 bits per heavy atom. The average molecular weight is 224 g/mol. The lowest BCUT2D eigenvalue weighted by Crippen LogP contribution is -2.27. The number of aliphatic carboxylic acids is 1. The van der Waals surface area contributed by atoms with Crippen LogP contribution in [-0.4, -0.2) is 35.5 Å². The molecule has 1 aromatic carbocycles. The fourth-order valence-corrected chi connectivity index (χ4v) is 1.34. The van der Waals surface area contributed by atoms with Crippen molar-refractivity contribution in [2.24, 2.45) is 0 Å². The largest absolute Gasteiger partial charge is 0.479 e. The topological polar surface area (TPSA) is 66.8 Å². The van der Waals surface area contributed by atoms with Crippen molar-refractivity contribution in [1.29, 1.82) is 0 Å². The van der Waals surface area contributed by atoms with E-state index in [1.54, 1.807) is 0 Å². The third-order valence-corrected chi connectivity index (χ3v) is 2.16. The Labute approximate surface area is 94.5 Å². The molecule has 0 aliphatic carbocycles. The lowest BCUT2D eigenvalue weighted by atomic mass is 10.1. The summed E-state index contributed by atoms with van der Waals surface area (Å²) in [6.45, 7) is 0.276. The van der Waals surface area contributed by atoms with Gasteiger partial charge in [0.1, 0.15) is 0 Å². The van der Waals surface area contributed by atoms with Crippen molar-refractivity contribution >= 4 is 5.97 Å². The molecule has 0 aliphatic heterocycles. The summed E-state index contributed by atoms with van der Waals surface area (Å²) in [5, 5.41) is 17.5. The van der Waals surface area contributed by atoms with Crippen LogP contribution in [0.2, 0.25) is 0 Å². The van der Waals surface area contributed by atoms with Crippen LogP contribution in [0.3, 0.4) is 0 Å². The molecule has 0 aliphatic rings. The zero-order chi connectivity index (χ0) is 11.8. The first-order chi connectivity index (χ1) is 7.74. The van der Waals surface area contributed by atoms with Gasteiger partial charge in [-0.3, -0.25) is 0 Å². The van der Waals surface area contributed by atoms with Crippen LogP contribution in [0.25, 0.3) is 0 Å². The molecule has 0 fully saturated rings. The van der Waals surface area contributed by atoms with E-state index in [4.69, 9.17) is 14.9 Å². The Hall–Kier alpha value is -1.39. The highest BCUT2D eigenvalue weighted by atomic mass is 16.5. The first-order valence-corrected chi connectivity index (χ1v) is 5.23. The normalized spacial score (nSPS) is 12.3. The van der Waals surface area contributed by atoms with E-state index >= 15 is 0 Å². The Bertz CT molecular complexity index is 310. The highest BCUT2D eigenvalue weighted by Gasteiger charge is 2.17. The predicted octanol–water partition coefficient (Wildman–Crippen LogP) is 1.08. The van der Waals surface area contributed by atoms with Gasteiger partial charge < -0.3 is 14.9 Å². The van der Waals surface area contributed by atoms with Crippen molar-refractivity contribution in [3.05, 3.63) is 35.9 Å². The van der Waals surface area contributed by atoms with Crippen LogP contribution in [0.1, 0.15) is 12.0 Å². The van der Waals surface area contributed by atoms with Gasteiger partial charge in [-0.15, -0.1) is 0 Å². The third kappa shape index (κ3) is 4.42. The molecule has 1 rings (SSSR count). The van der Waals surface area contributed by atoms with Gasteiger partial charge in [0.2, 0.25) is 0 Å². The van der Waals surface area contributed by atoms with Crippen molar-refractivity contribution in [2.75, 3.05) is 13.2 Å². The van der Waals surface area contributed by atoms with E-state index in [1.807, 2.05) is 30.3 Å². The number of carboxylic acids is 1. The van der Waals surface area contributed by atoms with E-state index in [-0.39, 0.29) is 13.2 Å². The third-order valence-electron chi connectivity index (χ3n) is 2.16. The van der Waals surface area contributed by atoms with Gasteiger partial charge in [-0.05, 0) is 12.0 Å². The number of rotatable bonds is 7. The number of carbonyl (C=O) groups is 1. The summed E-state index contributed by atoms with van der Waals surface area (Å²) in [6.07, 6.45) is -0.0332. The molecule has 0 radical (unpaired) electrons. The van der Waals surface area contributed by atoms with Crippen LogP contribution in [-0.2, 0) is 16.0 Å². The molecule has 0 heterocycles. The van der Waals surface area contributed by atoms with Gasteiger partial charge in [-0.1, -0.05) is 30.3 Å². The van der Waals surface area contributed by atoms with Crippen molar-refractivity contribution < 1.29 is 19.7 Å². The molecule has 1 unspecified atom stereocenters. The molecule has 0 saturated carbocycles. The van der Waals surface area contributed by atoms with E-state index in [2.05, 4.69) is 0 Å². The van der Waals surface area contributed by atoms with E-state index in [1.165, 1.54) is 0 Å². The van der Waals surface area contributed by atoms with Crippen LogP contribution in [0.4, 0.5) is 0 Å². The molecule has 1 atom stereocenters. The van der Waals surface area contributed by atoms with Crippen LogP contribution >= 0.6 is 0 Å². The summed E-state index contributed by atoms with van der Waals surface area (Å²) in [5.74, 6) is -0.971. The molecule has 0 amide bonds. The molecule has 0 aromatic heterocycles. The summed E-state index contributed by atoms with van der Waals surface area (Å²) in [5.41, 5.74) is 0.930. The summed E-state index contributed by atoms with van der Waals surface area (Å²) in [6, 6.07) is 9.34. The molecule has 0 bridgehead atoms. The molecular weight excluding hydrogens is 208 g/mol. The lowest BCUT2D eigenvalue weighted by molar-refractivity contribution is -0.150. The maximum atomic E-state index is 10.9. The number of ether oxygens (including phenoxy) is 1. The zero-order valence-corrected chi connectivity index (χ0v) is 9.00. The number of benzene rings is 1. The van der Waals surface area contributed by atoms with E-state index in [9.17, 15) is 4.79 Å².